The summed E-state index contributed by atoms with van der Waals surface area (Å²) in [5, 5.41) is 6.15. The highest BCUT2D eigenvalue weighted by Crippen LogP contribution is 2.14. The molecule has 86 valence electrons. The Balaban J connectivity index is 1.95. The number of nitrogens with two attached hydrogens (primary N) is 1. The Morgan fingerprint density at radius 2 is 2.44 bits per heavy atom. The maximum Gasteiger partial charge on any atom is 0.220 e. The molecule has 16 heavy (non-hydrogen) atoms. The molecular formula is C10H15N5O. The highest BCUT2D eigenvalue weighted by molar-refractivity contribution is 5.77. The van der Waals surface area contributed by atoms with E-state index >= 15 is 0 Å². The lowest BCUT2D eigenvalue weighted by Gasteiger charge is -2.24. The zero-order chi connectivity index (χ0) is 11.4. The zero-order valence-corrected chi connectivity index (χ0v) is 8.86. The monoisotopic (exact) mass is 221 g/mol. The van der Waals surface area contributed by atoms with Gasteiger partial charge in [-0.2, -0.15) is 0 Å². The number of nitrogen functional groups attached to an aromatic ring is 1. The summed E-state index contributed by atoms with van der Waals surface area (Å²) in [5.74, 6) is 6.01. The molecule has 0 aromatic carbocycles. The van der Waals surface area contributed by atoms with E-state index in [1.165, 1.54) is 0 Å². The van der Waals surface area contributed by atoms with Gasteiger partial charge >= 0.3 is 0 Å². The lowest BCUT2D eigenvalue weighted by Crippen LogP contribution is -2.41. The van der Waals surface area contributed by atoms with Crippen LogP contribution in [-0.2, 0) is 4.79 Å². The van der Waals surface area contributed by atoms with E-state index < -0.39 is 0 Å². The highest BCUT2D eigenvalue weighted by Gasteiger charge is 2.17. The van der Waals surface area contributed by atoms with E-state index in [-0.39, 0.29) is 11.9 Å². The SMILES string of the molecule is NNc1cc(NC2CCC(=O)NC2)ccn1. The van der Waals surface area contributed by atoms with Gasteiger partial charge in [0.05, 0.1) is 0 Å². The highest BCUT2D eigenvalue weighted by atomic mass is 16.1. The molecule has 1 amide bonds. The Hall–Kier alpha value is -1.82. The molecule has 2 heterocycles. The molecule has 0 radical (unpaired) electrons. The predicted octanol–water partition coefficient (Wildman–Crippen LogP) is 0.0577. The lowest BCUT2D eigenvalue weighted by atomic mass is 10.1. The van der Waals surface area contributed by atoms with Crippen LogP contribution in [0.15, 0.2) is 18.3 Å². The Bertz CT molecular complexity index is 371. The zero-order valence-electron chi connectivity index (χ0n) is 8.86. The van der Waals surface area contributed by atoms with Gasteiger partial charge in [-0.3, -0.25) is 4.79 Å². The molecular weight excluding hydrogens is 206 g/mol. The van der Waals surface area contributed by atoms with Crippen molar-refractivity contribution >= 4 is 17.4 Å². The number of aromatic nitrogens is 1. The van der Waals surface area contributed by atoms with E-state index in [0.717, 1.165) is 12.1 Å². The number of piperidine rings is 1. The van der Waals surface area contributed by atoms with Gasteiger partial charge in [-0.15, -0.1) is 0 Å². The quantitative estimate of drug-likeness (QED) is 0.428. The fourth-order valence-electron chi connectivity index (χ4n) is 1.69. The predicted molar refractivity (Wildman–Crippen MR) is 61.7 cm³/mol. The number of hydrogen-bond donors (Lipinski definition) is 4. The number of nitrogens with one attached hydrogen (secondary N) is 3. The van der Waals surface area contributed by atoms with Crippen LogP contribution in [0.1, 0.15) is 12.8 Å². The molecule has 2 rings (SSSR count). The van der Waals surface area contributed by atoms with Gasteiger partial charge < -0.3 is 16.1 Å². The molecule has 6 nitrogen and oxygen atoms in total. The van der Waals surface area contributed by atoms with Crippen LogP contribution in [0, 0.1) is 0 Å². The van der Waals surface area contributed by atoms with Gasteiger partial charge in [0.2, 0.25) is 5.91 Å². The molecule has 6 heteroatoms. The van der Waals surface area contributed by atoms with Gasteiger partial charge in [-0.25, -0.2) is 10.8 Å². The van der Waals surface area contributed by atoms with Crippen LogP contribution in [0.3, 0.4) is 0 Å². The number of anilines is 2. The molecule has 0 bridgehead atoms. The van der Waals surface area contributed by atoms with Gasteiger partial charge in [0, 0.05) is 37.0 Å². The van der Waals surface area contributed by atoms with Crippen LogP contribution in [0.4, 0.5) is 11.5 Å². The summed E-state index contributed by atoms with van der Waals surface area (Å²) in [7, 11) is 0. The first kappa shape index (κ1) is 10.7. The number of hydrogen-bond acceptors (Lipinski definition) is 5. The molecule has 0 aliphatic carbocycles. The van der Waals surface area contributed by atoms with E-state index in [9.17, 15) is 4.79 Å². The lowest BCUT2D eigenvalue weighted by molar-refractivity contribution is -0.122. The summed E-state index contributed by atoms with van der Waals surface area (Å²) in [6.07, 6.45) is 3.10. The van der Waals surface area contributed by atoms with Gasteiger partial charge in [-0.1, -0.05) is 0 Å². The third kappa shape index (κ3) is 2.60. The average molecular weight is 221 g/mol. The van der Waals surface area contributed by atoms with Gasteiger partial charge in [0.1, 0.15) is 5.82 Å². The Morgan fingerprint density at radius 3 is 3.12 bits per heavy atom. The van der Waals surface area contributed by atoms with Crippen LogP contribution in [0.5, 0.6) is 0 Å². The minimum atomic E-state index is 0.122. The molecule has 1 saturated heterocycles. The largest absolute Gasteiger partial charge is 0.380 e. The molecule has 1 aliphatic heterocycles. The Kier molecular flexibility index (Phi) is 3.21. The summed E-state index contributed by atoms with van der Waals surface area (Å²) in [5.41, 5.74) is 3.44. The third-order valence-electron chi connectivity index (χ3n) is 2.54. The van der Waals surface area contributed by atoms with Crippen molar-refractivity contribution in [1.29, 1.82) is 0 Å². The molecule has 1 aromatic heterocycles. The minimum absolute atomic E-state index is 0.122. The van der Waals surface area contributed by atoms with Crippen molar-refractivity contribution in [2.75, 3.05) is 17.3 Å². The van der Waals surface area contributed by atoms with Crippen LogP contribution >= 0.6 is 0 Å². The molecule has 5 N–H and O–H groups in total. The molecule has 0 spiro atoms. The molecule has 0 saturated carbocycles. The molecule has 1 unspecified atom stereocenters. The summed E-state index contributed by atoms with van der Waals surface area (Å²) in [4.78, 5) is 15.0. The maximum atomic E-state index is 11.0. The van der Waals surface area contributed by atoms with Crippen LogP contribution in [0.2, 0.25) is 0 Å². The van der Waals surface area contributed by atoms with E-state index in [2.05, 4.69) is 21.0 Å². The van der Waals surface area contributed by atoms with E-state index in [0.29, 0.717) is 18.8 Å². The van der Waals surface area contributed by atoms with Crippen LogP contribution in [-0.4, -0.2) is 23.5 Å². The maximum absolute atomic E-state index is 11.0. The summed E-state index contributed by atoms with van der Waals surface area (Å²) < 4.78 is 0. The van der Waals surface area contributed by atoms with Gasteiger partial charge in [-0.05, 0) is 12.5 Å². The first-order valence-corrected chi connectivity index (χ1v) is 5.24. The van der Waals surface area contributed by atoms with E-state index in [1.807, 2.05) is 12.1 Å². The summed E-state index contributed by atoms with van der Waals surface area (Å²) in [6, 6.07) is 3.97. The second kappa shape index (κ2) is 4.80. The second-order valence-electron chi connectivity index (χ2n) is 3.76. The minimum Gasteiger partial charge on any atom is -0.380 e. The standard InChI is InChI=1S/C10H15N5O/c11-15-9-5-7(3-4-12-9)14-8-1-2-10(16)13-6-8/h3-5,8H,1-2,6,11H2,(H,13,16)(H2,12,14,15). The summed E-state index contributed by atoms with van der Waals surface area (Å²) >= 11 is 0. The smallest absolute Gasteiger partial charge is 0.220 e. The van der Waals surface area contributed by atoms with Crippen LogP contribution in [0.25, 0.3) is 0 Å². The number of rotatable bonds is 3. The van der Waals surface area contributed by atoms with Crippen molar-refractivity contribution in [3.8, 4) is 0 Å². The van der Waals surface area contributed by atoms with Crippen molar-refractivity contribution < 1.29 is 4.79 Å². The van der Waals surface area contributed by atoms with Gasteiger partial charge in [0.15, 0.2) is 0 Å². The van der Waals surface area contributed by atoms with Crippen molar-refractivity contribution in [1.82, 2.24) is 10.3 Å². The Morgan fingerprint density at radius 1 is 1.56 bits per heavy atom. The summed E-state index contributed by atoms with van der Waals surface area (Å²) in [6.45, 7) is 0.659. The van der Waals surface area contributed by atoms with E-state index in [4.69, 9.17) is 5.84 Å². The first-order chi connectivity index (χ1) is 7.78. The van der Waals surface area contributed by atoms with Crippen LogP contribution < -0.4 is 21.9 Å². The van der Waals surface area contributed by atoms with E-state index in [1.54, 1.807) is 6.20 Å². The number of hydrazine groups is 1. The van der Waals surface area contributed by atoms with Crippen molar-refractivity contribution in [3.63, 3.8) is 0 Å². The third-order valence-corrected chi connectivity index (χ3v) is 2.54. The second-order valence-corrected chi connectivity index (χ2v) is 3.76. The Labute approximate surface area is 93.6 Å². The fourth-order valence-corrected chi connectivity index (χ4v) is 1.69. The molecule has 1 fully saturated rings. The van der Waals surface area contributed by atoms with Crippen molar-refractivity contribution in [2.45, 2.75) is 18.9 Å². The van der Waals surface area contributed by atoms with Crippen molar-refractivity contribution in [2.24, 2.45) is 5.84 Å². The fraction of sp³-hybridized carbons (Fsp3) is 0.400. The normalized spacial score (nSPS) is 20.1. The molecule has 1 aliphatic rings. The van der Waals surface area contributed by atoms with Crippen molar-refractivity contribution in [3.05, 3.63) is 18.3 Å². The topological polar surface area (TPSA) is 92.1 Å². The number of carbonyl (C=O) groups excluding carboxylic acids is 1. The average Bonchev–Trinajstić information content (AvgIpc) is 2.32. The molecule has 1 aromatic rings. The van der Waals surface area contributed by atoms with Gasteiger partial charge in [0.25, 0.3) is 0 Å². The first-order valence-electron chi connectivity index (χ1n) is 5.24. The number of pyridine rings is 1. The number of nitrogens with zero attached hydrogens (tertiary/aromatic N) is 1. The number of carbonyl (C=O) groups is 1. The number of amides is 1. The molecule has 1 atom stereocenters.